The molecule has 1 amide bonds. The van der Waals surface area contributed by atoms with Crippen molar-refractivity contribution in [1.82, 2.24) is 10.1 Å². The van der Waals surface area contributed by atoms with Gasteiger partial charge >= 0.3 is 0 Å². The number of nitrogens with zero attached hydrogens (tertiary/aromatic N) is 2. The molecular formula is C14H15FN2O3. The lowest BCUT2D eigenvalue weighted by atomic mass is 10.1. The topological polar surface area (TPSA) is 66.6 Å². The Bertz CT molecular complexity index is 580. The summed E-state index contributed by atoms with van der Waals surface area (Å²) in [6.45, 7) is 2.42. The molecule has 0 saturated heterocycles. The number of amides is 1. The van der Waals surface area contributed by atoms with Crippen LogP contribution < -0.4 is 0 Å². The standard InChI is InChI=1S/C14H15FN2O3/c1-2-17(7-8-18)14(19)12-9-13(20-16-12)10-3-5-11(15)6-4-10/h3-6,9,18H,2,7-8H2,1H3. The Kier molecular flexibility index (Phi) is 4.47. The molecule has 1 aromatic heterocycles. The Morgan fingerprint density at radius 3 is 2.70 bits per heavy atom. The molecule has 2 rings (SSSR count). The second kappa shape index (κ2) is 6.29. The van der Waals surface area contributed by atoms with E-state index in [4.69, 9.17) is 9.63 Å². The van der Waals surface area contributed by atoms with Crippen LogP contribution in [-0.4, -0.2) is 40.8 Å². The average molecular weight is 278 g/mol. The van der Waals surface area contributed by atoms with E-state index >= 15 is 0 Å². The highest BCUT2D eigenvalue weighted by Gasteiger charge is 2.18. The fraction of sp³-hybridized carbons (Fsp3) is 0.286. The Morgan fingerprint density at radius 1 is 1.40 bits per heavy atom. The van der Waals surface area contributed by atoms with E-state index in [1.54, 1.807) is 12.1 Å². The number of carbonyl (C=O) groups excluding carboxylic acids is 1. The number of hydrogen-bond acceptors (Lipinski definition) is 4. The van der Waals surface area contributed by atoms with Crippen molar-refractivity contribution in [2.45, 2.75) is 6.92 Å². The van der Waals surface area contributed by atoms with Gasteiger partial charge in [-0.3, -0.25) is 4.79 Å². The van der Waals surface area contributed by atoms with Gasteiger partial charge in [0.25, 0.3) is 5.91 Å². The molecule has 1 heterocycles. The molecule has 0 aliphatic heterocycles. The lowest BCUT2D eigenvalue weighted by Crippen LogP contribution is -2.33. The summed E-state index contributed by atoms with van der Waals surface area (Å²) in [6, 6.07) is 7.23. The Balaban J connectivity index is 2.20. The molecule has 0 radical (unpaired) electrons. The molecule has 6 heteroatoms. The Labute approximate surface area is 115 Å². The first kappa shape index (κ1) is 14.2. The van der Waals surface area contributed by atoms with Crippen LogP contribution in [0.1, 0.15) is 17.4 Å². The number of aromatic nitrogens is 1. The second-order valence-corrected chi connectivity index (χ2v) is 4.19. The molecule has 1 N–H and O–H groups in total. The maximum atomic E-state index is 12.8. The predicted octanol–water partition coefficient (Wildman–Crippen LogP) is 1.94. The quantitative estimate of drug-likeness (QED) is 0.907. The first-order chi connectivity index (χ1) is 9.65. The summed E-state index contributed by atoms with van der Waals surface area (Å²) < 4.78 is 17.9. The van der Waals surface area contributed by atoms with Gasteiger partial charge in [-0.1, -0.05) is 5.16 Å². The van der Waals surface area contributed by atoms with Gasteiger partial charge in [-0.05, 0) is 31.2 Å². The highest BCUT2D eigenvalue weighted by molar-refractivity contribution is 5.93. The molecule has 0 atom stereocenters. The molecule has 2 aromatic rings. The second-order valence-electron chi connectivity index (χ2n) is 4.19. The molecule has 0 aliphatic rings. The number of hydrogen-bond donors (Lipinski definition) is 1. The number of rotatable bonds is 5. The third-order valence-corrected chi connectivity index (χ3v) is 2.90. The van der Waals surface area contributed by atoms with E-state index in [0.29, 0.717) is 17.9 Å². The predicted molar refractivity (Wildman–Crippen MR) is 70.6 cm³/mol. The molecule has 0 saturated carbocycles. The van der Waals surface area contributed by atoms with E-state index in [1.807, 2.05) is 6.92 Å². The smallest absolute Gasteiger partial charge is 0.276 e. The van der Waals surface area contributed by atoms with Gasteiger partial charge in [0.05, 0.1) is 6.61 Å². The van der Waals surface area contributed by atoms with Crippen LogP contribution in [-0.2, 0) is 0 Å². The largest absolute Gasteiger partial charge is 0.395 e. The molecule has 5 nitrogen and oxygen atoms in total. The minimum atomic E-state index is -0.343. The van der Waals surface area contributed by atoms with Crippen LogP contribution in [0.2, 0.25) is 0 Å². The first-order valence-corrected chi connectivity index (χ1v) is 6.28. The van der Waals surface area contributed by atoms with Crippen molar-refractivity contribution in [3.63, 3.8) is 0 Å². The lowest BCUT2D eigenvalue weighted by molar-refractivity contribution is 0.0721. The number of aliphatic hydroxyl groups is 1. The summed E-state index contributed by atoms with van der Waals surface area (Å²) in [7, 11) is 0. The summed E-state index contributed by atoms with van der Waals surface area (Å²) in [5, 5.41) is 12.6. The van der Waals surface area contributed by atoms with E-state index in [0.717, 1.165) is 0 Å². The van der Waals surface area contributed by atoms with Crippen molar-refractivity contribution in [3.05, 3.63) is 41.8 Å². The Morgan fingerprint density at radius 2 is 2.10 bits per heavy atom. The summed E-state index contributed by atoms with van der Waals surface area (Å²) in [4.78, 5) is 13.6. The Hall–Kier alpha value is -2.21. The molecule has 0 spiro atoms. The van der Waals surface area contributed by atoms with Gasteiger partial charge in [0.15, 0.2) is 11.5 Å². The third kappa shape index (κ3) is 3.03. The van der Waals surface area contributed by atoms with Crippen molar-refractivity contribution in [1.29, 1.82) is 0 Å². The number of likely N-dealkylation sites (N-methyl/N-ethyl adjacent to an activating group) is 1. The third-order valence-electron chi connectivity index (χ3n) is 2.90. The van der Waals surface area contributed by atoms with Crippen molar-refractivity contribution in [3.8, 4) is 11.3 Å². The number of carbonyl (C=O) groups is 1. The van der Waals surface area contributed by atoms with E-state index in [9.17, 15) is 9.18 Å². The van der Waals surface area contributed by atoms with Crippen LogP contribution in [0.4, 0.5) is 4.39 Å². The zero-order valence-electron chi connectivity index (χ0n) is 11.0. The van der Waals surface area contributed by atoms with Gasteiger partial charge in [0.1, 0.15) is 5.82 Å². The molecule has 20 heavy (non-hydrogen) atoms. The van der Waals surface area contributed by atoms with Gasteiger partial charge in [-0.25, -0.2) is 4.39 Å². The molecule has 1 aromatic carbocycles. The van der Waals surface area contributed by atoms with Crippen molar-refractivity contribution >= 4 is 5.91 Å². The van der Waals surface area contributed by atoms with Crippen LogP contribution in [0.3, 0.4) is 0 Å². The van der Waals surface area contributed by atoms with E-state index in [-0.39, 0.29) is 30.6 Å². The number of halogens is 1. The minimum absolute atomic E-state index is 0.109. The molecule has 106 valence electrons. The molecule has 0 bridgehead atoms. The first-order valence-electron chi connectivity index (χ1n) is 6.28. The van der Waals surface area contributed by atoms with Crippen LogP contribution in [0.25, 0.3) is 11.3 Å². The zero-order valence-corrected chi connectivity index (χ0v) is 11.0. The van der Waals surface area contributed by atoms with Crippen LogP contribution in [0, 0.1) is 5.82 Å². The maximum absolute atomic E-state index is 12.8. The minimum Gasteiger partial charge on any atom is -0.395 e. The van der Waals surface area contributed by atoms with Gasteiger partial charge < -0.3 is 14.5 Å². The summed E-state index contributed by atoms with van der Waals surface area (Å²) in [6.07, 6.45) is 0. The van der Waals surface area contributed by atoms with Crippen LogP contribution in [0.15, 0.2) is 34.9 Å². The lowest BCUT2D eigenvalue weighted by Gasteiger charge is -2.17. The zero-order chi connectivity index (χ0) is 14.5. The monoisotopic (exact) mass is 278 g/mol. The fourth-order valence-electron chi connectivity index (χ4n) is 1.81. The fourth-order valence-corrected chi connectivity index (χ4v) is 1.81. The SMILES string of the molecule is CCN(CCO)C(=O)c1cc(-c2ccc(F)cc2)on1. The normalized spacial score (nSPS) is 10.6. The van der Waals surface area contributed by atoms with E-state index in [1.165, 1.54) is 23.1 Å². The van der Waals surface area contributed by atoms with Crippen molar-refractivity contribution < 1.29 is 18.8 Å². The van der Waals surface area contributed by atoms with Gasteiger partial charge in [0, 0.05) is 24.7 Å². The van der Waals surface area contributed by atoms with E-state index < -0.39 is 0 Å². The molecular weight excluding hydrogens is 263 g/mol. The van der Waals surface area contributed by atoms with E-state index in [2.05, 4.69) is 5.16 Å². The summed E-state index contributed by atoms with van der Waals surface area (Å²) >= 11 is 0. The van der Waals surface area contributed by atoms with Gasteiger partial charge in [0.2, 0.25) is 0 Å². The average Bonchev–Trinajstić information content (AvgIpc) is 2.94. The maximum Gasteiger partial charge on any atom is 0.276 e. The van der Waals surface area contributed by atoms with Gasteiger partial charge in [-0.15, -0.1) is 0 Å². The number of benzene rings is 1. The molecule has 0 fully saturated rings. The van der Waals surface area contributed by atoms with Gasteiger partial charge in [-0.2, -0.15) is 0 Å². The van der Waals surface area contributed by atoms with Crippen molar-refractivity contribution in [2.24, 2.45) is 0 Å². The molecule has 0 unspecified atom stereocenters. The summed E-state index contributed by atoms with van der Waals surface area (Å²) in [5.41, 5.74) is 0.808. The number of aliphatic hydroxyl groups excluding tert-OH is 1. The van der Waals surface area contributed by atoms with Crippen LogP contribution in [0.5, 0.6) is 0 Å². The highest BCUT2D eigenvalue weighted by Crippen LogP contribution is 2.21. The van der Waals surface area contributed by atoms with Crippen molar-refractivity contribution in [2.75, 3.05) is 19.7 Å². The molecule has 0 aliphatic carbocycles. The highest BCUT2D eigenvalue weighted by atomic mass is 19.1. The summed E-state index contributed by atoms with van der Waals surface area (Å²) in [5.74, 6) is -0.253. The van der Waals surface area contributed by atoms with Crippen LogP contribution >= 0.6 is 0 Å².